The largest absolute Gasteiger partial charge is 0.494 e. The van der Waals surface area contributed by atoms with E-state index >= 15 is 0 Å². The first-order valence-electron chi connectivity index (χ1n) is 10.2. The van der Waals surface area contributed by atoms with Gasteiger partial charge in [0.05, 0.1) is 12.0 Å². The van der Waals surface area contributed by atoms with Crippen molar-refractivity contribution in [2.24, 2.45) is 5.73 Å². The third-order valence-corrected chi connectivity index (χ3v) is 5.98. The van der Waals surface area contributed by atoms with Crippen molar-refractivity contribution in [3.63, 3.8) is 0 Å². The van der Waals surface area contributed by atoms with Gasteiger partial charge in [-0.2, -0.15) is 0 Å². The summed E-state index contributed by atoms with van der Waals surface area (Å²) >= 11 is 0. The molecule has 0 amide bonds. The van der Waals surface area contributed by atoms with Gasteiger partial charge in [0.15, 0.2) is 0 Å². The van der Waals surface area contributed by atoms with Crippen LogP contribution in [0.4, 0.5) is 5.82 Å². The minimum absolute atomic E-state index is 0.0166. The van der Waals surface area contributed by atoms with Gasteiger partial charge in [-0.25, -0.2) is 9.97 Å². The number of ether oxygens (including phenoxy) is 1. The summed E-state index contributed by atoms with van der Waals surface area (Å²) in [7, 11) is 0. The van der Waals surface area contributed by atoms with Gasteiger partial charge in [-0.3, -0.25) is 0 Å². The lowest BCUT2D eigenvalue weighted by Crippen LogP contribution is -2.47. The molecule has 4 rings (SSSR count). The van der Waals surface area contributed by atoms with Gasteiger partial charge in [-0.05, 0) is 43.0 Å². The van der Waals surface area contributed by atoms with Crippen LogP contribution in [-0.2, 0) is 5.41 Å². The number of fused-ring (bicyclic) bond motifs is 1. The highest BCUT2D eigenvalue weighted by molar-refractivity contribution is 5.87. The van der Waals surface area contributed by atoms with Gasteiger partial charge in [-0.1, -0.05) is 25.5 Å². The van der Waals surface area contributed by atoms with E-state index in [2.05, 4.69) is 51.0 Å². The fourth-order valence-electron chi connectivity index (χ4n) is 4.11. The Balaban J connectivity index is 1.47. The standard InChI is InChI=1S/C22H29N5O/c1-2-3-14-28-18-6-4-17(5-7-18)22(15-23)9-12-27(13-10-22)21-19-8-11-24-20(19)25-16-26-21/h4-8,11,16H,2-3,9-10,12-15,23H2,1H3,(H,24,25,26). The van der Waals surface area contributed by atoms with Crippen molar-refractivity contribution in [1.82, 2.24) is 15.0 Å². The van der Waals surface area contributed by atoms with Gasteiger partial charge in [0.2, 0.25) is 0 Å². The van der Waals surface area contributed by atoms with Crippen LogP contribution >= 0.6 is 0 Å². The number of hydrogen-bond donors (Lipinski definition) is 2. The van der Waals surface area contributed by atoms with Gasteiger partial charge >= 0.3 is 0 Å². The summed E-state index contributed by atoms with van der Waals surface area (Å²) in [5.41, 5.74) is 8.50. The highest BCUT2D eigenvalue weighted by Gasteiger charge is 2.35. The Morgan fingerprint density at radius 1 is 1.14 bits per heavy atom. The Morgan fingerprint density at radius 2 is 1.93 bits per heavy atom. The zero-order valence-corrected chi connectivity index (χ0v) is 16.5. The second kappa shape index (κ2) is 8.19. The molecule has 2 aromatic heterocycles. The molecular formula is C22H29N5O. The van der Waals surface area contributed by atoms with Crippen molar-refractivity contribution in [2.45, 2.75) is 38.0 Å². The number of anilines is 1. The summed E-state index contributed by atoms with van der Waals surface area (Å²) in [6, 6.07) is 10.6. The number of benzene rings is 1. The van der Waals surface area contributed by atoms with Crippen LogP contribution in [0, 0.1) is 0 Å². The summed E-state index contributed by atoms with van der Waals surface area (Å²) in [6.07, 6.45) is 7.80. The van der Waals surface area contributed by atoms with Crippen LogP contribution in [0.1, 0.15) is 38.2 Å². The Hall–Kier alpha value is -2.60. The lowest BCUT2D eigenvalue weighted by atomic mass is 9.73. The van der Waals surface area contributed by atoms with Gasteiger partial charge < -0.3 is 20.4 Å². The van der Waals surface area contributed by atoms with Crippen molar-refractivity contribution in [2.75, 3.05) is 31.1 Å². The van der Waals surface area contributed by atoms with Crippen molar-refractivity contribution in [1.29, 1.82) is 0 Å². The molecule has 0 bridgehead atoms. The smallest absolute Gasteiger partial charge is 0.142 e. The van der Waals surface area contributed by atoms with Crippen molar-refractivity contribution >= 4 is 16.9 Å². The highest BCUT2D eigenvalue weighted by atomic mass is 16.5. The molecule has 0 saturated carbocycles. The zero-order chi connectivity index (χ0) is 19.4. The molecule has 1 aromatic carbocycles. The van der Waals surface area contributed by atoms with Crippen LogP contribution in [0.5, 0.6) is 5.75 Å². The van der Waals surface area contributed by atoms with Crippen LogP contribution in [0.25, 0.3) is 11.0 Å². The topological polar surface area (TPSA) is 80.1 Å². The van der Waals surface area contributed by atoms with Gasteiger partial charge in [-0.15, -0.1) is 0 Å². The van der Waals surface area contributed by atoms with Crippen LogP contribution < -0.4 is 15.4 Å². The van der Waals surface area contributed by atoms with Gasteiger partial charge in [0.1, 0.15) is 23.5 Å². The number of nitrogens with one attached hydrogen (secondary N) is 1. The predicted octanol–water partition coefficient (Wildman–Crippen LogP) is 3.63. The molecule has 6 nitrogen and oxygen atoms in total. The molecule has 28 heavy (non-hydrogen) atoms. The van der Waals surface area contributed by atoms with Gasteiger partial charge in [0.25, 0.3) is 0 Å². The lowest BCUT2D eigenvalue weighted by molar-refractivity contribution is 0.308. The fourth-order valence-corrected chi connectivity index (χ4v) is 4.11. The van der Waals surface area contributed by atoms with E-state index in [1.165, 1.54) is 5.56 Å². The normalized spacial score (nSPS) is 16.4. The quantitative estimate of drug-likeness (QED) is 0.613. The maximum absolute atomic E-state index is 6.28. The third-order valence-electron chi connectivity index (χ3n) is 5.98. The average molecular weight is 380 g/mol. The molecule has 0 radical (unpaired) electrons. The first-order valence-corrected chi connectivity index (χ1v) is 10.2. The first-order chi connectivity index (χ1) is 13.8. The van der Waals surface area contributed by atoms with E-state index in [-0.39, 0.29) is 5.41 Å². The van der Waals surface area contributed by atoms with Crippen molar-refractivity contribution in [3.05, 3.63) is 48.4 Å². The minimum Gasteiger partial charge on any atom is -0.494 e. The Morgan fingerprint density at radius 3 is 2.64 bits per heavy atom. The predicted molar refractivity (Wildman–Crippen MR) is 113 cm³/mol. The molecule has 3 N–H and O–H groups in total. The van der Waals surface area contributed by atoms with Crippen molar-refractivity contribution < 1.29 is 4.74 Å². The van der Waals surface area contributed by atoms with E-state index in [4.69, 9.17) is 10.5 Å². The molecule has 1 fully saturated rings. The number of rotatable bonds is 7. The molecule has 3 heterocycles. The number of unbranched alkanes of at least 4 members (excludes halogenated alkanes) is 1. The molecule has 3 aromatic rings. The molecular weight excluding hydrogens is 350 g/mol. The molecule has 0 aliphatic carbocycles. The number of nitrogens with two attached hydrogens (primary N) is 1. The van der Waals surface area contributed by atoms with Crippen LogP contribution in [0.15, 0.2) is 42.9 Å². The SMILES string of the molecule is CCCCOc1ccc(C2(CN)CCN(c3ncnc4[nH]ccc34)CC2)cc1. The number of hydrogen-bond acceptors (Lipinski definition) is 5. The second-order valence-corrected chi connectivity index (χ2v) is 7.64. The zero-order valence-electron chi connectivity index (χ0n) is 16.5. The maximum Gasteiger partial charge on any atom is 0.142 e. The van der Waals surface area contributed by atoms with Gasteiger partial charge in [0, 0.05) is 31.2 Å². The number of H-pyrrole nitrogens is 1. The fraction of sp³-hybridized carbons (Fsp3) is 0.455. The minimum atomic E-state index is 0.0166. The Labute approximate surface area is 166 Å². The second-order valence-electron chi connectivity index (χ2n) is 7.64. The average Bonchev–Trinajstić information content (AvgIpc) is 3.24. The van der Waals surface area contributed by atoms with E-state index in [0.717, 1.165) is 68.0 Å². The highest BCUT2D eigenvalue weighted by Crippen LogP contribution is 2.37. The van der Waals surface area contributed by atoms with E-state index in [1.54, 1.807) is 6.33 Å². The Kier molecular flexibility index (Phi) is 5.48. The molecule has 1 aliphatic heterocycles. The molecule has 1 saturated heterocycles. The van der Waals surface area contributed by atoms with Crippen LogP contribution in [-0.4, -0.2) is 41.2 Å². The van der Waals surface area contributed by atoms with E-state index in [1.807, 2.05) is 12.3 Å². The monoisotopic (exact) mass is 379 g/mol. The number of nitrogens with zero attached hydrogens (tertiary/aromatic N) is 3. The van der Waals surface area contributed by atoms with Crippen molar-refractivity contribution in [3.8, 4) is 5.75 Å². The Bertz CT molecular complexity index is 897. The first kappa shape index (κ1) is 18.7. The van der Waals surface area contributed by atoms with E-state index < -0.39 is 0 Å². The molecule has 0 atom stereocenters. The number of aromatic amines is 1. The summed E-state index contributed by atoms with van der Waals surface area (Å²) in [5, 5.41) is 1.08. The summed E-state index contributed by atoms with van der Waals surface area (Å²) in [5.74, 6) is 1.95. The lowest BCUT2D eigenvalue weighted by Gasteiger charge is -2.42. The molecule has 1 aliphatic rings. The number of aromatic nitrogens is 3. The van der Waals surface area contributed by atoms with E-state index in [9.17, 15) is 0 Å². The van der Waals surface area contributed by atoms with Crippen LogP contribution in [0.2, 0.25) is 0 Å². The van der Waals surface area contributed by atoms with E-state index in [0.29, 0.717) is 6.54 Å². The summed E-state index contributed by atoms with van der Waals surface area (Å²) in [4.78, 5) is 14.4. The molecule has 0 unspecified atom stereocenters. The maximum atomic E-state index is 6.28. The molecule has 148 valence electrons. The summed E-state index contributed by atoms with van der Waals surface area (Å²) < 4.78 is 5.81. The number of piperidine rings is 1. The third kappa shape index (κ3) is 3.56. The van der Waals surface area contributed by atoms with Crippen LogP contribution in [0.3, 0.4) is 0 Å². The molecule has 6 heteroatoms. The summed E-state index contributed by atoms with van der Waals surface area (Å²) in [6.45, 7) is 5.47. The molecule has 0 spiro atoms.